The van der Waals surface area contributed by atoms with Crippen LogP contribution < -0.4 is 16.0 Å². The third-order valence-corrected chi connectivity index (χ3v) is 9.06. The van der Waals surface area contributed by atoms with Crippen LogP contribution in [0, 0.1) is 25.7 Å². The minimum atomic E-state index is -1.05. The highest BCUT2D eigenvalue weighted by atomic mass is 16.4. The van der Waals surface area contributed by atoms with E-state index < -0.39 is 12.1 Å². The summed E-state index contributed by atoms with van der Waals surface area (Å²) in [4.78, 5) is 52.4. The molecule has 0 unspecified atom stereocenters. The number of nitrogens with zero attached hydrogens (tertiary/aromatic N) is 4. The Balaban J connectivity index is 1.32. The summed E-state index contributed by atoms with van der Waals surface area (Å²) in [6.45, 7) is 4.31. The SMILES string of the molecule is Cc1cc(C)c(-c2ccc(C[C@H](NC(=O)[C@H]3CC[C@H](CNC(=O)O)CC3)C(=O)Nc3ccc(-c4nn[nH]n4)cc3)cc2)cc1C(=O)N(C)C. The highest BCUT2D eigenvalue weighted by Crippen LogP contribution is 2.30. The Bertz CT molecular complexity index is 1780. The maximum atomic E-state index is 13.7. The number of nitrogens with one attached hydrogen (secondary N) is 4. The fourth-order valence-corrected chi connectivity index (χ4v) is 6.27. The highest BCUT2D eigenvalue weighted by molar-refractivity contribution is 5.98. The van der Waals surface area contributed by atoms with Crippen molar-refractivity contribution in [3.05, 3.63) is 82.9 Å². The molecular formula is C36H42N8O5. The number of aromatic nitrogens is 4. The lowest BCUT2D eigenvalue weighted by molar-refractivity contribution is -0.130. The van der Waals surface area contributed by atoms with Gasteiger partial charge in [-0.15, -0.1) is 10.2 Å². The number of aromatic amines is 1. The molecule has 1 aliphatic carbocycles. The summed E-state index contributed by atoms with van der Waals surface area (Å²) in [5.41, 5.74) is 6.63. The molecule has 1 aliphatic rings. The van der Waals surface area contributed by atoms with Crippen LogP contribution in [-0.2, 0) is 16.0 Å². The molecule has 13 heteroatoms. The molecule has 1 aromatic heterocycles. The van der Waals surface area contributed by atoms with Gasteiger partial charge in [-0.25, -0.2) is 4.79 Å². The standard InChI is InChI=1S/C36H42N8O5/c1-21-17-22(2)30(35(47)44(3)4)19-29(21)25-9-5-23(6-10-25)18-31(39-33(45)27-11-7-24(8-12-27)20-37-36(48)49)34(46)38-28-15-13-26(14-16-28)32-40-42-43-41-32/h5-6,9-10,13-17,19,24,27,31,37H,7-8,11-12,18,20H2,1-4H3,(H,38,46)(H,39,45)(H,48,49)(H,40,41,42,43)/t24-,27-,31-/m0/s1. The molecule has 0 aliphatic heterocycles. The van der Waals surface area contributed by atoms with Gasteiger partial charge in [0.1, 0.15) is 6.04 Å². The van der Waals surface area contributed by atoms with E-state index in [9.17, 15) is 19.2 Å². The lowest BCUT2D eigenvalue weighted by Gasteiger charge is -2.29. The predicted octanol–water partition coefficient (Wildman–Crippen LogP) is 4.59. The molecule has 0 spiro atoms. The van der Waals surface area contributed by atoms with E-state index in [-0.39, 0.29) is 36.0 Å². The molecule has 1 fully saturated rings. The number of aryl methyl sites for hydroxylation is 2. The van der Waals surface area contributed by atoms with Crippen molar-refractivity contribution in [2.75, 3.05) is 26.0 Å². The molecule has 0 saturated heterocycles. The van der Waals surface area contributed by atoms with Gasteiger partial charge in [-0.2, -0.15) is 5.21 Å². The number of anilines is 1. The smallest absolute Gasteiger partial charge is 0.404 e. The normalized spacial score (nSPS) is 16.3. The zero-order chi connectivity index (χ0) is 35.1. The van der Waals surface area contributed by atoms with Gasteiger partial charge in [0.25, 0.3) is 5.91 Å². The number of carboxylic acid groups (broad SMARTS) is 1. The van der Waals surface area contributed by atoms with Gasteiger partial charge in [-0.3, -0.25) is 14.4 Å². The molecule has 1 atom stereocenters. The van der Waals surface area contributed by atoms with Crippen LogP contribution >= 0.6 is 0 Å². The average Bonchev–Trinajstić information content (AvgIpc) is 3.63. The van der Waals surface area contributed by atoms with E-state index in [1.54, 1.807) is 43.3 Å². The van der Waals surface area contributed by atoms with Crippen LogP contribution in [0.5, 0.6) is 0 Å². The van der Waals surface area contributed by atoms with Crippen molar-refractivity contribution in [3.63, 3.8) is 0 Å². The lowest BCUT2D eigenvalue weighted by Crippen LogP contribution is -2.48. The Morgan fingerprint density at radius 2 is 1.59 bits per heavy atom. The summed E-state index contributed by atoms with van der Waals surface area (Å²) in [6, 6.07) is 17.9. The van der Waals surface area contributed by atoms with Gasteiger partial charge < -0.3 is 26.0 Å². The second-order valence-corrected chi connectivity index (χ2v) is 12.8. The molecule has 0 radical (unpaired) electrons. The van der Waals surface area contributed by atoms with Crippen molar-refractivity contribution in [1.29, 1.82) is 0 Å². The quantitative estimate of drug-likeness (QED) is 0.154. The second kappa shape index (κ2) is 15.5. The maximum absolute atomic E-state index is 13.7. The number of rotatable bonds is 11. The van der Waals surface area contributed by atoms with Gasteiger partial charge in [-0.1, -0.05) is 30.3 Å². The largest absolute Gasteiger partial charge is 0.465 e. The van der Waals surface area contributed by atoms with Gasteiger partial charge in [0.05, 0.1) is 0 Å². The summed E-state index contributed by atoms with van der Waals surface area (Å²) in [7, 11) is 3.47. The maximum Gasteiger partial charge on any atom is 0.404 e. The van der Waals surface area contributed by atoms with Crippen molar-refractivity contribution in [2.24, 2.45) is 11.8 Å². The zero-order valence-corrected chi connectivity index (χ0v) is 28.1. The van der Waals surface area contributed by atoms with Gasteiger partial charge in [0.15, 0.2) is 0 Å². The number of carbonyl (C=O) groups excluding carboxylic acids is 3. The first kappa shape index (κ1) is 34.7. The van der Waals surface area contributed by atoms with Crippen LogP contribution in [0.2, 0.25) is 0 Å². The first-order valence-electron chi connectivity index (χ1n) is 16.3. The van der Waals surface area contributed by atoms with Gasteiger partial charge in [0.2, 0.25) is 17.6 Å². The Hall–Kier alpha value is -5.59. The number of amides is 4. The van der Waals surface area contributed by atoms with Gasteiger partial charge in [0, 0.05) is 49.8 Å². The van der Waals surface area contributed by atoms with E-state index in [0.717, 1.165) is 46.2 Å². The molecular weight excluding hydrogens is 624 g/mol. The van der Waals surface area contributed by atoms with E-state index in [4.69, 9.17) is 5.11 Å². The third kappa shape index (κ3) is 8.86. The Morgan fingerprint density at radius 3 is 2.20 bits per heavy atom. The Morgan fingerprint density at radius 1 is 0.918 bits per heavy atom. The van der Waals surface area contributed by atoms with Crippen molar-refractivity contribution in [1.82, 2.24) is 36.2 Å². The molecule has 13 nitrogen and oxygen atoms in total. The fraction of sp³-hybridized carbons (Fsp3) is 0.361. The van der Waals surface area contributed by atoms with Crippen LogP contribution in [0.15, 0.2) is 60.7 Å². The summed E-state index contributed by atoms with van der Waals surface area (Å²) in [6.07, 6.45) is 1.89. The fourth-order valence-electron chi connectivity index (χ4n) is 6.27. The number of hydrogen-bond acceptors (Lipinski definition) is 7. The minimum absolute atomic E-state index is 0.0603. The second-order valence-electron chi connectivity index (χ2n) is 12.8. The number of benzene rings is 3. The highest BCUT2D eigenvalue weighted by Gasteiger charge is 2.30. The number of tetrazole rings is 1. The topological polar surface area (TPSA) is 182 Å². The molecule has 1 heterocycles. The number of hydrogen-bond donors (Lipinski definition) is 5. The van der Waals surface area contributed by atoms with E-state index in [2.05, 4.69) is 36.6 Å². The molecule has 4 amide bonds. The molecule has 0 bridgehead atoms. The van der Waals surface area contributed by atoms with Gasteiger partial charge >= 0.3 is 6.09 Å². The molecule has 49 heavy (non-hydrogen) atoms. The monoisotopic (exact) mass is 666 g/mol. The minimum Gasteiger partial charge on any atom is -0.465 e. The summed E-state index contributed by atoms with van der Waals surface area (Å²) in [5.74, 6) is -0.261. The van der Waals surface area contributed by atoms with E-state index in [0.29, 0.717) is 36.5 Å². The van der Waals surface area contributed by atoms with Crippen LogP contribution in [0.25, 0.3) is 22.5 Å². The number of H-pyrrole nitrogens is 1. The van der Waals surface area contributed by atoms with Crippen molar-refractivity contribution >= 4 is 29.5 Å². The summed E-state index contributed by atoms with van der Waals surface area (Å²) in [5, 5.41) is 31.3. The molecule has 256 valence electrons. The summed E-state index contributed by atoms with van der Waals surface area (Å²) < 4.78 is 0. The predicted molar refractivity (Wildman–Crippen MR) is 185 cm³/mol. The van der Waals surface area contributed by atoms with Gasteiger partial charge in [-0.05, 0) is 109 Å². The summed E-state index contributed by atoms with van der Waals surface area (Å²) >= 11 is 0. The first-order chi connectivity index (χ1) is 23.5. The third-order valence-electron chi connectivity index (χ3n) is 9.06. The Labute approximate surface area is 284 Å². The van der Waals surface area contributed by atoms with Crippen molar-refractivity contribution in [3.8, 4) is 22.5 Å². The van der Waals surface area contributed by atoms with Crippen molar-refractivity contribution in [2.45, 2.75) is 52.0 Å². The van der Waals surface area contributed by atoms with Crippen molar-refractivity contribution < 1.29 is 24.3 Å². The number of carbonyl (C=O) groups is 4. The molecule has 5 N–H and O–H groups in total. The van der Waals surface area contributed by atoms with E-state index in [1.807, 2.05) is 50.2 Å². The molecule has 3 aromatic carbocycles. The van der Waals surface area contributed by atoms with Crippen LogP contribution in [0.4, 0.5) is 10.5 Å². The van der Waals surface area contributed by atoms with E-state index in [1.165, 1.54) is 0 Å². The van der Waals surface area contributed by atoms with Crippen LogP contribution in [0.3, 0.4) is 0 Å². The molecule has 4 aromatic rings. The van der Waals surface area contributed by atoms with Crippen LogP contribution in [0.1, 0.15) is 52.7 Å². The lowest BCUT2D eigenvalue weighted by atomic mass is 9.81. The zero-order valence-electron chi connectivity index (χ0n) is 28.1. The Kier molecular flexibility index (Phi) is 11.0. The van der Waals surface area contributed by atoms with Crippen LogP contribution in [-0.4, -0.2) is 81.1 Å². The average molecular weight is 667 g/mol. The molecule has 5 rings (SSSR count). The van der Waals surface area contributed by atoms with E-state index >= 15 is 0 Å². The molecule has 1 saturated carbocycles. The first-order valence-corrected chi connectivity index (χ1v) is 16.3.